The van der Waals surface area contributed by atoms with Gasteiger partial charge in [-0.1, -0.05) is 6.92 Å². The molecule has 0 saturated heterocycles. The topological polar surface area (TPSA) is 32.7 Å². The van der Waals surface area contributed by atoms with E-state index in [0.717, 1.165) is 13.0 Å². The third-order valence-corrected chi connectivity index (χ3v) is 1.84. The fraction of sp³-hybridized carbons (Fsp3) is 1.00. The zero-order valence-electron chi connectivity index (χ0n) is 10.2. The molecular formula is C11H25NO2. The summed E-state index contributed by atoms with van der Waals surface area (Å²) in [6.45, 7) is 10.2. The summed E-state index contributed by atoms with van der Waals surface area (Å²) >= 11 is 0. The summed E-state index contributed by atoms with van der Waals surface area (Å²) in [5, 5.41) is 9.64. The predicted molar refractivity (Wildman–Crippen MR) is 59.5 cm³/mol. The lowest BCUT2D eigenvalue weighted by Crippen LogP contribution is -2.35. The van der Waals surface area contributed by atoms with Crippen molar-refractivity contribution in [3.05, 3.63) is 0 Å². The summed E-state index contributed by atoms with van der Waals surface area (Å²) in [6.07, 6.45) is 0.731. The van der Waals surface area contributed by atoms with Crippen molar-refractivity contribution in [1.29, 1.82) is 0 Å². The molecule has 0 spiro atoms. The van der Waals surface area contributed by atoms with Crippen LogP contribution < -0.4 is 0 Å². The molecule has 0 aromatic heterocycles. The van der Waals surface area contributed by atoms with E-state index in [9.17, 15) is 5.11 Å². The Bertz CT molecular complexity index is 143. The zero-order valence-corrected chi connectivity index (χ0v) is 10.2. The highest BCUT2D eigenvalue weighted by Gasteiger charge is 2.14. The van der Waals surface area contributed by atoms with Crippen molar-refractivity contribution in [3.8, 4) is 0 Å². The van der Waals surface area contributed by atoms with Gasteiger partial charge in [0.2, 0.25) is 0 Å². The monoisotopic (exact) mass is 203 g/mol. The largest absolute Gasteiger partial charge is 0.389 e. The second kappa shape index (κ2) is 6.38. The summed E-state index contributed by atoms with van der Waals surface area (Å²) in [4.78, 5) is 2.12. The number of hydrogen-bond acceptors (Lipinski definition) is 3. The summed E-state index contributed by atoms with van der Waals surface area (Å²) in [7, 11) is 2.02. The molecule has 86 valence electrons. The maximum absolute atomic E-state index is 9.64. The van der Waals surface area contributed by atoms with Gasteiger partial charge in [-0.05, 0) is 40.8 Å². The standard InChI is InChI=1S/C11H25NO2/c1-6-7-12(5)8-10(13)9-14-11(2,3)4/h10,13H,6-9H2,1-5H3. The first-order chi connectivity index (χ1) is 6.35. The molecule has 0 amide bonds. The van der Waals surface area contributed by atoms with Crippen LogP contribution in [-0.2, 0) is 4.74 Å². The molecule has 1 atom stereocenters. The Kier molecular flexibility index (Phi) is 6.33. The number of aliphatic hydroxyl groups is 1. The zero-order chi connectivity index (χ0) is 11.2. The van der Waals surface area contributed by atoms with E-state index in [0.29, 0.717) is 13.2 Å². The van der Waals surface area contributed by atoms with E-state index in [1.165, 1.54) is 0 Å². The minimum Gasteiger partial charge on any atom is -0.389 e. The molecular weight excluding hydrogens is 178 g/mol. The lowest BCUT2D eigenvalue weighted by Gasteiger charge is -2.24. The van der Waals surface area contributed by atoms with Crippen LogP contribution in [0.3, 0.4) is 0 Å². The van der Waals surface area contributed by atoms with E-state index in [-0.39, 0.29) is 11.7 Å². The fourth-order valence-electron chi connectivity index (χ4n) is 1.23. The SMILES string of the molecule is CCCN(C)CC(O)COC(C)(C)C. The van der Waals surface area contributed by atoms with Crippen LogP contribution in [0.4, 0.5) is 0 Å². The lowest BCUT2D eigenvalue weighted by atomic mass is 10.2. The molecule has 14 heavy (non-hydrogen) atoms. The van der Waals surface area contributed by atoms with Crippen molar-refractivity contribution >= 4 is 0 Å². The average Bonchev–Trinajstić information content (AvgIpc) is 2.00. The summed E-state index contributed by atoms with van der Waals surface area (Å²) < 4.78 is 5.49. The van der Waals surface area contributed by atoms with Crippen LogP contribution in [0.25, 0.3) is 0 Å². The van der Waals surface area contributed by atoms with Crippen LogP contribution in [-0.4, -0.2) is 48.5 Å². The number of nitrogens with zero attached hydrogens (tertiary/aromatic N) is 1. The number of ether oxygens (including phenoxy) is 1. The molecule has 1 N–H and O–H groups in total. The van der Waals surface area contributed by atoms with Gasteiger partial charge in [-0.25, -0.2) is 0 Å². The third kappa shape index (κ3) is 8.48. The first kappa shape index (κ1) is 13.9. The maximum atomic E-state index is 9.64. The van der Waals surface area contributed by atoms with Gasteiger partial charge in [-0.3, -0.25) is 0 Å². The van der Waals surface area contributed by atoms with Crippen molar-refractivity contribution < 1.29 is 9.84 Å². The van der Waals surface area contributed by atoms with Crippen LogP contribution in [0, 0.1) is 0 Å². The molecule has 0 fully saturated rings. The molecule has 0 heterocycles. The maximum Gasteiger partial charge on any atom is 0.0900 e. The predicted octanol–water partition coefficient (Wildman–Crippen LogP) is 1.50. The molecule has 0 aliphatic rings. The van der Waals surface area contributed by atoms with Crippen LogP contribution in [0.1, 0.15) is 34.1 Å². The van der Waals surface area contributed by atoms with Gasteiger partial charge in [0.25, 0.3) is 0 Å². The molecule has 0 saturated carbocycles. The van der Waals surface area contributed by atoms with E-state index in [2.05, 4.69) is 11.8 Å². The normalized spacial score (nSPS) is 14.8. The van der Waals surface area contributed by atoms with Gasteiger partial charge >= 0.3 is 0 Å². The van der Waals surface area contributed by atoms with Crippen LogP contribution in [0.5, 0.6) is 0 Å². The highest BCUT2D eigenvalue weighted by molar-refractivity contribution is 4.64. The average molecular weight is 203 g/mol. The molecule has 0 bridgehead atoms. The highest BCUT2D eigenvalue weighted by atomic mass is 16.5. The molecule has 0 aromatic rings. The highest BCUT2D eigenvalue weighted by Crippen LogP contribution is 2.07. The van der Waals surface area contributed by atoms with Gasteiger partial charge in [-0.2, -0.15) is 0 Å². The molecule has 3 nitrogen and oxygen atoms in total. The van der Waals surface area contributed by atoms with Crippen LogP contribution >= 0.6 is 0 Å². The van der Waals surface area contributed by atoms with Gasteiger partial charge in [0.1, 0.15) is 0 Å². The molecule has 0 aliphatic carbocycles. The Labute approximate surface area is 88.1 Å². The van der Waals surface area contributed by atoms with Crippen molar-refractivity contribution in [1.82, 2.24) is 4.90 Å². The third-order valence-electron chi connectivity index (χ3n) is 1.84. The molecule has 0 aliphatic heterocycles. The summed E-state index contributed by atoms with van der Waals surface area (Å²) in [5.41, 5.74) is -0.162. The number of rotatable bonds is 6. The Morgan fingerprint density at radius 1 is 1.36 bits per heavy atom. The molecule has 0 aromatic carbocycles. The molecule has 0 rings (SSSR count). The van der Waals surface area contributed by atoms with Crippen LogP contribution in [0.15, 0.2) is 0 Å². The molecule has 1 unspecified atom stereocenters. The van der Waals surface area contributed by atoms with E-state index in [1.54, 1.807) is 0 Å². The van der Waals surface area contributed by atoms with E-state index in [1.807, 2.05) is 27.8 Å². The quantitative estimate of drug-likeness (QED) is 0.710. The Morgan fingerprint density at radius 2 is 1.93 bits per heavy atom. The summed E-state index contributed by atoms with van der Waals surface area (Å²) in [6, 6.07) is 0. The minimum atomic E-state index is -0.384. The number of aliphatic hydroxyl groups excluding tert-OH is 1. The Balaban J connectivity index is 3.59. The van der Waals surface area contributed by atoms with Gasteiger partial charge in [0, 0.05) is 6.54 Å². The fourth-order valence-corrected chi connectivity index (χ4v) is 1.23. The van der Waals surface area contributed by atoms with Gasteiger partial charge < -0.3 is 14.7 Å². The molecule has 3 heteroatoms. The summed E-state index contributed by atoms with van der Waals surface area (Å²) in [5.74, 6) is 0. The van der Waals surface area contributed by atoms with Gasteiger partial charge in [-0.15, -0.1) is 0 Å². The van der Waals surface area contributed by atoms with E-state index >= 15 is 0 Å². The van der Waals surface area contributed by atoms with Crippen molar-refractivity contribution in [2.24, 2.45) is 0 Å². The van der Waals surface area contributed by atoms with E-state index < -0.39 is 0 Å². The first-order valence-corrected chi connectivity index (χ1v) is 5.35. The number of likely N-dealkylation sites (N-methyl/N-ethyl adjacent to an activating group) is 1. The lowest BCUT2D eigenvalue weighted by molar-refractivity contribution is -0.0546. The second-order valence-electron chi connectivity index (χ2n) is 4.84. The Hall–Kier alpha value is -0.120. The van der Waals surface area contributed by atoms with Crippen molar-refractivity contribution in [3.63, 3.8) is 0 Å². The van der Waals surface area contributed by atoms with Gasteiger partial charge in [0.05, 0.1) is 18.3 Å². The number of hydrogen-bond donors (Lipinski definition) is 1. The second-order valence-corrected chi connectivity index (χ2v) is 4.84. The van der Waals surface area contributed by atoms with E-state index in [4.69, 9.17) is 4.74 Å². The smallest absolute Gasteiger partial charge is 0.0900 e. The Morgan fingerprint density at radius 3 is 2.36 bits per heavy atom. The first-order valence-electron chi connectivity index (χ1n) is 5.35. The minimum absolute atomic E-state index is 0.162. The van der Waals surface area contributed by atoms with Gasteiger partial charge in [0.15, 0.2) is 0 Å². The van der Waals surface area contributed by atoms with Crippen molar-refractivity contribution in [2.75, 3.05) is 26.7 Å². The van der Waals surface area contributed by atoms with Crippen LogP contribution in [0.2, 0.25) is 0 Å². The molecule has 0 radical (unpaired) electrons. The van der Waals surface area contributed by atoms with Crippen molar-refractivity contribution in [2.45, 2.75) is 45.8 Å².